The number of aliphatic hydroxyl groups is 5. The smallest absolute Gasteiger partial charge is 0.246 e. The molecule has 96 valence electrons. The van der Waals surface area contributed by atoms with E-state index in [0.29, 0.717) is 0 Å². The Balaban J connectivity index is 2.85. The highest BCUT2D eigenvalue weighted by Gasteiger charge is 2.53. The fourth-order valence-corrected chi connectivity index (χ4v) is 2.69. The molecule has 5 atom stereocenters. The summed E-state index contributed by atoms with van der Waals surface area (Å²) in [6.45, 7) is 3.01. The summed E-state index contributed by atoms with van der Waals surface area (Å²) in [6, 6.07) is 0. The molecular weight excluding hydrogens is 236 g/mol. The zero-order valence-corrected chi connectivity index (χ0v) is 9.96. The molecule has 1 rings (SSSR count). The molecule has 1 heterocycles. The van der Waals surface area contributed by atoms with Gasteiger partial charge in [0.2, 0.25) is 5.12 Å². The molecule has 0 aromatic carbocycles. The SMILES string of the molecule is CC(C)S[C@@]1(O)O[C@H](CO)[C@H](O)[C@H](O)[C@H]1O. The van der Waals surface area contributed by atoms with E-state index in [0.717, 1.165) is 11.8 Å². The molecule has 5 N–H and O–H groups in total. The van der Waals surface area contributed by atoms with Gasteiger partial charge in [-0.05, 0) is 0 Å². The van der Waals surface area contributed by atoms with E-state index >= 15 is 0 Å². The van der Waals surface area contributed by atoms with Crippen LogP contribution in [0.15, 0.2) is 0 Å². The van der Waals surface area contributed by atoms with Crippen LogP contribution in [0.25, 0.3) is 0 Å². The molecular formula is C9H18O6S. The average Bonchev–Trinajstić information content (AvgIpc) is 2.20. The van der Waals surface area contributed by atoms with E-state index in [2.05, 4.69) is 0 Å². The first-order valence-electron chi connectivity index (χ1n) is 5.05. The van der Waals surface area contributed by atoms with Gasteiger partial charge >= 0.3 is 0 Å². The lowest BCUT2D eigenvalue weighted by Gasteiger charge is -2.45. The molecule has 0 spiro atoms. The number of ether oxygens (including phenoxy) is 1. The van der Waals surface area contributed by atoms with E-state index in [4.69, 9.17) is 9.84 Å². The normalized spacial score (nSPS) is 45.0. The minimum Gasteiger partial charge on any atom is -0.394 e. The van der Waals surface area contributed by atoms with Crippen molar-refractivity contribution < 1.29 is 30.3 Å². The summed E-state index contributed by atoms with van der Waals surface area (Å²) in [7, 11) is 0. The van der Waals surface area contributed by atoms with Crippen molar-refractivity contribution in [2.45, 2.75) is 48.6 Å². The number of thioether (sulfide) groups is 1. The third-order valence-electron chi connectivity index (χ3n) is 2.33. The lowest BCUT2D eigenvalue weighted by molar-refractivity contribution is -0.305. The van der Waals surface area contributed by atoms with E-state index in [1.165, 1.54) is 0 Å². The molecule has 0 amide bonds. The van der Waals surface area contributed by atoms with Crippen LogP contribution in [0.4, 0.5) is 0 Å². The van der Waals surface area contributed by atoms with Crippen molar-refractivity contribution in [2.24, 2.45) is 0 Å². The lowest BCUT2D eigenvalue weighted by Crippen LogP contribution is -2.64. The van der Waals surface area contributed by atoms with Crippen molar-refractivity contribution in [2.75, 3.05) is 6.61 Å². The van der Waals surface area contributed by atoms with E-state index in [-0.39, 0.29) is 5.25 Å². The van der Waals surface area contributed by atoms with Gasteiger partial charge in [-0.1, -0.05) is 25.6 Å². The fraction of sp³-hybridized carbons (Fsp3) is 1.00. The fourth-order valence-electron chi connectivity index (χ4n) is 1.56. The van der Waals surface area contributed by atoms with Crippen molar-refractivity contribution in [1.82, 2.24) is 0 Å². The van der Waals surface area contributed by atoms with Crippen LogP contribution in [0.1, 0.15) is 13.8 Å². The Labute approximate surface area is 97.9 Å². The Bertz CT molecular complexity index is 236. The van der Waals surface area contributed by atoms with Gasteiger partial charge in [-0.2, -0.15) is 0 Å². The molecule has 0 aromatic rings. The average molecular weight is 254 g/mol. The van der Waals surface area contributed by atoms with Crippen molar-refractivity contribution in [3.8, 4) is 0 Å². The molecule has 16 heavy (non-hydrogen) atoms. The van der Waals surface area contributed by atoms with Gasteiger partial charge in [0.05, 0.1) is 6.61 Å². The molecule has 1 aliphatic rings. The largest absolute Gasteiger partial charge is 0.394 e. The minimum absolute atomic E-state index is 0.0542. The number of aliphatic hydroxyl groups excluding tert-OH is 4. The van der Waals surface area contributed by atoms with E-state index in [1.54, 1.807) is 13.8 Å². The summed E-state index contributed by atoms with van der Waals surface area (Å²) in [5, 5.41) is 45.5. The second-order valence-electron chi connectivity index (χ2n) is 4.06. The molecule has 7 heteroatoms. The van der Waals surface area contributed by atoms with Gasteiger partial charge in [-0.25, -0.2) is 0 Å². The molecule has 1 aliphatic heterocycles. The quantitative estimate of drug-likeness (QED) is 0.380. The van der Waals surface area contributed by atoms with Crippen LogP contribution in [-0.4, -0.2) is 66.9 Å². The Kier molecular flexibility index (Phi) is 4.58. The summed E-state index contributed by atoms with van der Waals surface area (Å²) in [4.78, 5) is 0. The van der Waals surface area contributed by atoms with Gasteiger partial charge in [0, 0.05) is 5.25 Å². The summed E-state index contributed by atoms with van der Waals surface area (Å²) < 4.78 is 5.04. The molecule has 0 unspecified atom stereocenters. The van der Waals surface area contributed by atoms with E-state index < -0.39 is 36.1 Å². The highest BCUT2D eigenvalue weighted by molar-refractivity contribution is 8.00. The Morgan fingerprint density at radius 3 is 2.25 bits per heavy atom. The summed E-state index contributed by atoms with van der Waals surface area (Å²) in [6.07, 6.45) is -5.72. The van der Waals surface area contributed by atoms with Crippen molar-refractivity contribution in [3.63, 3.8) is 0 Å². The first-order valence-corrected chi connectivity index (χ1v) is 5.93. The maximum absolute atomic E-state index is 10.0. The van der Waals surface area contributed by atoms with Crippen LogP contribution in [0.5, 0.6) is 0 Å². The third kappa shape index (κ3) is 2.67. The highest BCUT2D eigenvalue weighted by Crippen LogP contribution is 2.38. The second kappa shape index (κ2) is 5.18. The highest BCUT2D eigenvalue weighted by atomic mass is 32.2. The molecule has 0 aromatic heterocycles. The number of hydrogen-bond acceptors (Lipinski definition) is 7. The molecule has 0 saturated carbocycles. The van der Waals surface area contributed by atoms with Crippen molar-refractivity contribution >= 4 is 11.8 Å². The van der Waals surface area contributed by atoms with Gasteiger partial charge in [-0.15, -0.1) is 0 Å². The van der Waals surface area contributed by atoms with Gasteiger partial charge in [-0.3, -0.25) is 0 Å². The Hall–Kier alpha value is 0.110. The van der Waals surface area contributed by atoms with Crippen LogP contribution in [0.3, 0.4) is 0 Å². The maximum atomic E-state index is 10.0. The third-order valence-corrected chi connectivity index (χ3v) is 3.48. The van der Waals surface area contributed by atoms with Crippen LogP contribution < -0.4 is 0 Å². The number of rotatable bonds is 3. The van der Waals surface area contributed by atoms with Crippen molar-refractivity contribution in [1.29, 1.82) is 0 Å². The maximum Gasteiger partial charge on any atom is 0.246 e. The van der Waals surface area contributed by atoms with Crippen LogP contribution in [0, 0.1) is 0 Å². The van der Waals surface area contributed by atoms with E-state index in [1.807, 2.05) is 0 Å². The first-order chi connectivity index (χ1) is 7.31. The Morgan fingerprint density at radius 2 is 1.81 bits per heavy atom. The number of hydrogen-bond donors (Lipinski definition) is 5. The zero-order chi connectivity index (χ0) is 12.5. The molecule has 1 saturated heterocycles. The van der Waals surface area contributed by atoms with Crippen molar-refractivity contribution in [3.05, 3.63) is 0 Å². The Morgan fingerprint density at radius 1 is 1.25 bits per heavy atom. The van der Waals surface area contributed by atoms with Gasteiger partial charge < -0.3 is 30.3 Å². The van der Waals surface area contributed by atoms with Crippen LogP contribution in [-0.2, 0) is 4.74 Å². The summed E-state index contributed by atoms with van der Waals surface area (Å²) in [5.41, 5.74) is 0. The summed E-state index contributed by atoms with van der Waals surface area (Å²) in [5.74, 6) is 0. The molecule has 6 nitrogen and oxygen atoms in total. The zero-order valence-electron chi connectivity index (χ0n) is 9.15. The van der Waals surface area contributed by atoms with Gasteiger partial charge in [0.15, 0.2) is 0 Å². The minimum atomic E-state index is -2.01. The molecule has 1 fully saturated rings. The standard InChI is InChI=1S/C9H18O6S/c1-4(2)16-9(14)8(13)7(12)6(11)5(3-10)15-9/h4-8,10-14H,3H2,1-2H3/t5-,6+,7+,8-,9+/m1/s1. The van der Waals surface area contributed by atoms with Crippen LogP contribution >= 0.6 is 11.8 Å². The van der Waals surface area contributed by atoms with E-state index in [9.17, 15) is 20.4 Å². The first kappa shape index (κ1) is 14.2. The second-order valence-corrected chi connectivity index (χ2v) is 5.83. The summed E-state index contributed by atoms with van der Waals surface area (Å²) >= 11 is 0.912. The molecule has 0 bridgehead atoms. The molecule has 0 aliphatic carbocycles. The van der Waals surface area contributed by atoms with Crippen LogP contribution in [0.2, 0.25) is 0 Å². The monoisotopic (exact) mass is 254 g/mol. The lowest BCUT2D eigenvalue weighted by atomic mass is 9.99. The van der Waals surface area contributed by atoms with Gasteiger partial charge in [0.1, 0.15) is 24.4 Å². The van der Waals surface area contributed by atoms with Gasteiger partial charge in [0.25, 0.3) is 0 Å². The predicted octanol–water partition coefficient (Wildman–Crippen LogP) is -1.75. The topological polar surface area (TPSA) is 110 Å². The predicted molar refractivity (Wildman–Crippen MR) is 57.7 cm³/mol. The molecule has 0 radical (unpaired) electrons.